The molecule has 0 aromatic rings. The summed E-state index contributed by atoms with van der Waals surface area (Å²) >= 11 is 0. The zero-order valence-electron chi connectivity index (χ0n) is 16.6. The lowest BCUT2D eigenvalue weighted by Crippen LogP contribution is -2.34. The fourth-order valence-electron chi connectivity index (χ4n) is 3.02. The van der Waals surface area contributed by atoms with Crippen molar-refractivity contribution in [1.82, 2.24) is 4.72 Å². The first-order chi connectivity index (χ1) is 12.3. The molecule has 0 aliphatic rings. The van der Waals surface area contributed by atoms with Gasteiger partial charge in [0.1, 0.15) is 0 Å². The Morgan fingerprint density at radius 1 is 0.923 bits per heavy atom. The Bertz CT molecular complexity index is 453. The van der Waals surface area contributed by atoms with Gasteiger partial charge in [0.15, 0.2) is 0 Å². The molecule has 0 amide bonds. The summed E-state index contributed by atoms with van der Waals surface area (Å²) in [4.78, 5) is 10.4. The molecule has 3 N–H and O–H groups in total. The Balaban J connectivity index is 3.97. The Labute approximate surface area is 159 Å². The molecule has 6 nitrogen and oxygen atoms in total. The quantitative estimate of drug-likeness (QED) is 0.307. The third-order valence-electron chi connectivity index (χ3n) is 4.72. The van der Waals surface area contributed by atoms with Gasteiger partial charge in [-0.25, -0.2) is 13.1 Å². The van der Waals surface area contributed by atoms with E-state index in [2.05, 4.69) is 11.6 Å². The Hall–Kier alpha value is -0.660. The maximum Gasteiger partial charge on any atom is 0.303 e. The summed E-state index contributed by atoms with van der Waals surface area (Å²) in [6.45, 7) is 4.42. The monoisotopic (exact) mass is 393 g/mol. The third kappa shape index (κ3) is 13.5. The maximum atomic E-state index is 12.4. The SMILES string of the molecule is CCCCCC(O)CCCC(CC)S(=O)(=O)NCCCCCCC(=O)O. The number of sulfonamides is 1. The summed E-state index contributed by atoms with van der Waals surface area (Å²) in [5.74, 6) is -0.785. The molecule has 0 rings (SSSR count). The van der Waals surface area contributed by atoms with Crippen molar-refractivity contribution in [3.63, 3.8) is 0 Å². The van der Waals surface area contributed by atoms with Crippen molar-refractivity contribution >= 4 is 16.0 Å². The molecule has 0 aliphatic heterocycles. The number of aliphatic carboxylic acids is 1. The number of carbonyl (C=O) groups is 1. The van der Waals surface area contributed by atoms with Gasteiger partial charge >= 0.3 is 5.97 Å². The van der Waals surface area contributed by atoms with E-state index in [-0.39, 0.29) is 12.5 Å². The lowest BCUT2D eigenvalue weighted by molar-refractivity contribution is -0.137. The summed E-state index contributed by atoms with van der Waals surface area (Å²) in [7, 11) is -3.32. The topological polar surface area (TPSA) is 104 Å². The van der Waals surface area contributed by atoms with Gasteiger partial charge in [0.25, 0.3) is 0 Å². The number of nitrogens with one attached hydrogen (secondary N) is 1. The smallest absolute Gasteiger partial charge is 0.303 e. The van der Waals surface area contributed by atoms with Crippen LogP contribution in [0.15, 0.2) is 0 Å². The van der Waals surface area contributed by atoms with Gasteiger partial charge < -0.3 is 10.2 Å². The standard InChI is InChI=1S/C19H39NO5S/c1-3-5-8-12-17(21)13-11-14-18(4-2)26(24,25)20-16-10-7-6-9-15-19(22)23/h17-18,20-21H,3-16H2,1-2H3,(H,22,23). The first-order valence-electron chi connectivity index (χ1n) is 10.2. The minimum Gasteiger partial charge on any atom is -0.481 e. The van der Waals surface area contributed by atoms with Crippen LogP contribution in [0.2, 0.25) is 0 Å². The molecule has 0 saturated carbocycles. The highest BCUT2D eigenvalue weighted by molar-refractivity contribution is 7.90. The van der Waals surface area contributed by atoms with Gasteiger partial charge in [0.2, 0.25) is 10.0 Å². The number of carboxylic acid groups (broad SMARTS) is 1. The fraction of sp³-hybridized carbons (Fsp3) is 0.947. The first-order valence-corrected chi connectivity index (χ1v) is 11.8. The van der Waals surface area contributed by atoms with Gasteiger partial charge in [0.05, 0.1) is 11.4 Å². The largest absolute Gasteiger partial charge is 0.481 e. The van der Waals surface area contributed by atoms with Crippen LogP contribution in [0.1, 0.15) is 97.3 Å². The van der Waals surface area contributed by atoms with Crippen LogP contribution in [0.25, 0.3) is 0 Å². The van der Waals surface area contributed by atoms with Gasteiger partial charge in [-0.2, -0.15) is 0 Å². The predicted molar refractivity (Wildman–Crippen MR) is 106 cm³/mol. The van der Waals surface area contributed by atoms with E-state index in [4.69, 9.17) is 5.11 Å². The summed E-state index contributed by atoms with van der Waals surface area (Å²) in [5.41, 5.74) is 0. The average molecular weight is 394 g/mol. The van der Waals surface area contributed by atoms with Crippen LogP contribution in [-0.2, 0) is 14.8 Å². The van der Waals surface area contributed by atoms with Gasteiger partial charge in [0, 0.05) is 13.0 Å². The Kier molecular flexibility index (Phi) is 15.0. The second kappa shape index (κ2) is 15.4. The van der Waals surface area contributed by atoms with E-state index in [1.54, 1.807) is 0 Å². The number of hydrogen-bond donors (Lipinski definition) is 3. The van der Waals surface area contributed by atoms with Crippen LogP contribution >= 0.6 is 0 Å². The van der Waals surface area contributed by atoms with Gasteiger partial charge in [-0.15, -0.1) is 0 Å². The summed E-state index contributed by atoms with van der Waals surface area (Å²) in [6, 6.07) is 0. The highest BCUT2D eigenvalue weighted by atomic mass is 32.2. The zero-order valence-corrected chi connectivity index (χ0v) is 17.4. The number of rotatable bonds is 18. The van der Waals surface area contributed by atoms with Crippen LogP contribution in [-0.4, -0.2) is 42.5 Å². The molecular weight excluding hydrogens is 354 g/mol. The minimum absolute atomic E-state index is 0.175. The molecule has 0 bridgehead atoms. The number of hydrogen-bond acceptors (Lipinski definition) is 4. The number of aliphatic hydroxyl groups excluding tert-OH is 1. The molecule has 26 heavy (non-hydrogen) atoms. The average Bonchev–Trinajstić information content (AvgIpc) is 2.57. The molecule has 156 valence electrons. The molecule has 0 aromatic carbocycles. The third-order valence-corrected chi connectivity index (χ3v) is 6.77. The second-order valence-corrected chi connectivity index (χ2v) is 9.15. The molecule has 0 radical (unpaired) electrons. The van der Waals surface area contributed by atoms with Crippen molar-refractivity contribution in [2.75, 3.05) is 6.54 Å². The molecule has 2 atom stereocenters. The molecule has 0 heterocycles. The molecule has 0 aromatic heterocycles. The molecule has 0 fully saturated rings. The molecule has 7 heteroatoms. The van der Waals surface area contributed by atoms with Gasteiger partial charge in [-0.3, -0.25) is 4.79 Å². The van der Waals surface area contributed by atoms with E-state index in [1.165, 1.54) is 0 Å². The van der Waals surface area contributed by atoms with Gasteiger partial charge in [-0.05, 0) is 44.9 Å². The van der Waals surface area contributed by atoms with Gasteiger partial charge in [-0.1, -0.05) is 46.0 Å². The van der Waals surface area contributed by atoms with Crippen molar-refractivity contribution in [2.45, 2.75) is 109 Å². The van der Waals surface area contributed by atoms with Crippen molar-refractivity contribution < 1.29 is 23.4 Å². The summed E-state index contributed by atoms with van der Waals surface area (Å²) in [5, 5.41) is 18.1. The van der Waals surface area contributed by atoms with Crippen LogP contribution in [0.4, 0.5) is 0 Å². The normalized spacial score (nSPS) is 14.3. The highest BCUT2D eigenvalue weighted by Crippen LogP contribution is 2.16. The number of unbranched alkanes of at least 4 members (excludes halogenated alkanes) is 5. The van der Waals surface area contributed by atoms with Crippen molar-refractivity contribution in [2.24, 2.45) is 0 Å². The van der Waals surface area contributed by atoms with Crippen molar-refractivity contribution in [3.05, 3.63) is 0 Å². The van der Waals surface area contributed by atoms with E-state index < -0.39 is 21.2 Å². The molecular formula is C19H39NO5S. The molecule has 2 unspecified atom stereocenters. The predicted octanol–water partition coefficient (Wildman–Crippen LogP) is 3.83. The van der Waals surface area contributed by atoms with E-state index >= 15 is 0 Å². The number of carboxylic acids is 1. The Morgan fingerprint density at radius 3 is 2.19 bits per heavy atom. The van der Waals surface area contributed by atoms with E-state index in [9.17, 15) is 18.3 Å². The summed E-state index contributed by atoms with van der Waals surface area (Å²) < 4.78 is 27.4. The lowest BCUT2D eigenvalue weighted by atomic mass is 10.0. The number of aliphatic hydroxyl groups is 1. The van der Waals surface area contributed by atoms with Crippen LogP contribution in [0.3, 0.4) is 0 Å². The lowest BCUT2D eigenvalue weighted by Gasteiger charge is -2.17. The molecule has 0 aliphatic carbocycles. The van der Waals surface area contributed by atoms with Crippen molar-refractivity contribution in [1.29, 1.82) is 0 Å². The van der Waals surface area contributed by atoms with E-state index in [1.807, 2.05) is 6.92 Å². The summed E-state index contributed by atoms with van der Waals surface area (Å²) in [6.07, 6.45) is 9.49. The van der Waals surface area contributed by atoms with Crippen molar-refractivity contribution in [3.8, 4) is 0 Å². The minimum atomic E-state index is -3.32. The zero-order chi connectivity index (χ0) is 19.8. The maximum absolute atomic E-state index is 12.4. The Morgan fingerprint density at radius 2 is 1.58 bits per heavy atom. The van der Waals surface area contributed by atoms with Crippen LogP contribution in [0, 0.1) is 0 Å². The first kappa shape index (κ1) is 25.3. The van der Waals surface area contributed by atoms with E-state index in [0.29, 0.717) is 32.2 Å². The van der Waals surface area contributed by atoms with Crippen LogP contribution in [0.5, 0.6) is 0 Å². The molecule has 0 spiro atoms. The highest BCUT2D eigenvalue weighted by Gasteiger charge is 2.23. The van der Waals surface area contributed by atoms with Crippen LogP contribution < -0.4 is 4.72 Å². The second-order valence-electron chi connectivity index (χ2n) is 7.11. The van der Waals surface area contributed by atoms with E-state index in [0.717, 1.165) is 51.4 Å². The fourth-order valence-corrected chi connectivity index (χ4v) is 4.60. The molecule has 0 saturated heterocycles.